The van der Waals surface area contributed by atoms with Crippen molar-refractivity contribution in [3.05, 3.63) is 0 Å². The van der Waals surface area contributed by atoms with Crippen molar-refractivity contribution in [1.82, 2.24) is 5.32 Å². The van der Waals surface area contributed by atoms with Crippen molar-refractivity contribution < 1.29 is 19.4 Å². The summed E-state index contributed by atoms with van der Waals surface area (Å²) in [4.78, 5) is 23.1. The Morgan fingerprint density at radius 3 is 2.61 bits per heavy atom. The molecule has 5 nitrogen and oxygen atoms in total. The number of rotatable bonds is 5. The predicted octanol–water partition coefficient (Wildman–Crippen LogP) is 1.32. The highest BCUT2D eigenvalue weighted by Crippen LogP contribution is 2.44. The molecular weight excluding hydrogens is 234 g/mol. The molecule has 1 heterocycles. The number of nitrogens with one attached hydrogen (secondary N) is 1. The van der Waals surface area contributed by atoms with Crippen LogP contribution >= 0.6 is 0 Å². The zero-order chi connectivity index (χ0) is 13.2. The minimum absolute atomic E-state index is 0.0362. The number of carbonyl (C=O) groups is 2. The van der Waals surface area contributed by atoms with Gasteiger partial charge in [-0.05, 0) is 32.6 Å². The third-order valence-corrected chi connectivity index (χ3v) is 4.17. The first-order valence-corrected chi connectivity index (χ1v) is 6.68. The van der Waals surface area contributed by atoms with E-state index in [-0.39, 0.29) is 24.5 Å². The minimum atomic E-state index is -0.839. The van der Waals surface area contributed by atoms with Crippen molar-refractivity contribution in [2.24, 2.45) is 5.41 Å². The number of carboxylic acids is 1. The van der Waals surface area contributed by atoms with E-state index in [2.05, 4.69) is 5.32 Å². The second kappa shape index (κ2) is 5.26. The van der Waals surface area contributed by atoms with Crippen LogP contribution in [0.1, 0.15) is 45.4 Å². The summed E-state index contributed by atoms with van der Waals surface area (Å²) in [7, 11) is 0. The maximum absolute atomic E-state index is 11.9. The first-order valence-electron chi connectivity index (χ1n) is 6.68. The van der Waals surface area contributed by atoms with Crippen molar-refractivity contribution in [2.45, 2.75) is 57.6 Å². The summed E-state index contributed by atoms with van der Waals surface area (Å²) in [6.07, 6.45) is 4.31. The SMILES string of the molecule is CC(NC(=O)CC1(C(=O)O)CCC1)C1CCCO1. The highest BCUT2D eigenvalue weighted by atomic mass is 16.5. The zero-order valence-electron chi connectivity index (χ0n) is 10.8. The molecule has 0 bridgehead atoms. The van der Waals surface area contributed by atoms with Crippen LogP contribution < -0.4 is 5.32 Å². The number of aliphatic carboxylic acids is 1. The van der Waals surface area contributed by atoms with Crippen LogP contribution in [-0.2, 0) is 14.3 Å². The molecule has 1 saturated carbocycles. The van der Waals surface area contributed by atoms with Gasteiger partial charge in [-0.15, -0.1) is 0 Å². The molecule has 0 aromatic rings. The van der Waals surface area contributed by atoms with E-state index in [4.69, 9.17) is 4.74 Å². The molecule has 0 radical (unpaired) electrons. The number of carboxylic acid groups (broad SMARTS) is 1. The lowest BCUT2D eigenvalue weighted by molar-refractivity contribution is -0.157. The lowest BCUT2D eigenvalue weighted by Crippen LogP contribution is -2.46. The molecule has 1 aliphatic heterocycles. The van der Waals surface area contributed by atoms with E-state index >= 15 is 0 Å². The first kappa shape index (κ1) is 13.3. The van der Waals surface area contributed by atoms with Crippen molar-refractivity contribution >= 4 is 11.9 Å². The molecule has 1 saturated heterocycles. The Labute approximate surface area is 107 Å². The Kier molecular flexibility index (Phi) is 3.90. The summed E-state index contributed by atoms with van der Waals surface area (Å²) >= 11 is 0. The van der Waals surface area contributed by atoms with Gasteiger partial charge in [0.05, 0.1) is 17.6 Å². The standard InChI is InChI=1S/C13H21NO4/c1-9(10-4-2-7-18-10)14-11(15)8-13(12(16)17)5-3-6-13/h9-10H,2-8H2,1H3,(H,14,15)(H,16,17). The molecule has 2 rings (SSSR count). The molecule has 2 atom stereocenters. The number of ether oxygens (including phenoxy) is 1. The zero-order valence-corrected chi connectivity index (χ0v) is 10.8. The van der Waals surface area contributed by atoms with E-state index in [0.717, 1.165) is 25.9 Å². The van der Waals surface area contributed by atoms with E-state index in [1.54, 1.807) is 0 Å². The lowest BCUT2D eigenvalue weighted by atomic mass is 9.66. The maximum atomic E-state index is 11.9. The Morgan fingerprint density at radius 2 is 2.17 bits per heavy atom. The van der Waals surface area contributed by atoms with E-state index < -0.39 is 11.4 Å². The highest BCUT2D eigenvalue weighted by Gasteiger charge is 2.46. The van der Waals surface area contributed by atoms with Crippen LogP contribution in [0, 0.1) is 5.41 Å². The molecule has 2 fully saturated rings. The number of hydrogen-bond acceptors (Lipinski definition) is 3. The Morgan fingerprint density at radius 1 is 1.44 bits per heavy atom. The molecule has 0 aromatic heterocycles. The Balaban J connectivity index is 1.82. The largest absolute Gasteiger partial charge is 0.481 e. The van der Waals surface area contributed by atoms with Gasteiger partial charge in [-0.25, -0.2) is 0 Å². The smallest absolute Gasteiger partial charge is 0.310 e. The van der Waals surface area contributed by atoms with Crippen LogP contribution in [0.25, 0.3) is 0 Å². The maximum Gasteiger partial charge on any atom is 0.310 e. The van der Waals surface area contributed by atoms with Gasteiger partial charge in [0, 0.05) is 13.0 Å². The average molecular weight is 255 g/mol. The fourth-order valence-corrected chi connectivity index (χ4v) is 2.77. The average Bonchev–Trinajstić information content (AvgIpc) is 2.76. The van der Waals surface area contributed by atoms with Gasteiger partial charge in [-0.2, -0.15) is 0 Å². The van der Waals surface area contributed by atoms with Gasteiger partial charge in [0.1, 0.15) is 0 Å². The monoisotopic (exact) mass is 255 g/mol. The van der Waals surface area contributed by atoms with Gasteiger partial charge in [0.15, 0.2) is 0 Å². The summed E-state index contributed by atoms with van der Waals surface area (Å²) in [5.41, 5.74) is -0.805. The van der Waals surface area contributed by atoms with Crippen LogP contribution in [0.4, 0.5) is 0 Å². The van der Waals surface area contributed by atoms with Gasteiger partial charge >= 0.3 is 5.97 Å². The summed E-state index contributed by atoms with van der Waals surface area (Å²) in [6.45, 7) is 2.67. The third-order valence-electron chi connectivity index (χ3n) is 4.17. The van der Waals surface area contributed by atoms with E-state index in [1.165, 1.54) is 0 Å². The summed E-state index contributed by atoms with van der Waals surface area (Å²) in [5.74, 6) is -1.01. The van der Waals surface area contributed by atoms with Gasteiger partial charge in [-0.1, -0.05) is 6.42 Å². The molecule has 2 N–H and O–H groups in total. The molecule has 0 aromatic carbocycles. The second-order valence-electron chi connectivity index (χ2n) is 5.52. The third kappa shape index (κ3) is 2.66. The highest BCUT2D eigenvalue weighted by molar-refractivity contribution is 5.85. The molecule has 1 aliphatic carbocycles. The fourth-order valence-electron chi connectivity index (χ4n) is 2.77. The van der Waals surface area contributed by atoms with Crippen molar-refractivity contribution in [2.75, 3.05) is 6.61 Å². The number of carbonyl (C=O) groups excluding carboxylic acids is 1. The molecule has 2 aliphatic rings. The van der Waals surface area contributed by atoms with Gasteiger partial charge < -0.3 is 15.2 Å². The van der Waals surface area contributed by atoms with Gasteiger partial charge in [-0.3, -0.25) is 9.59 Å². The molecular formula is C13H21NO4. The fraction of sp³-hybridized carbons (Fsp3) is 0.846. The number of amides is 1. The van der Waals surface area contributed by atoms with E-state index in [9.17, 15) is 14.7 Å². The summed E-state index contributed by atoms with van der Waals surface area (Å²) in [5, 5.41) is 12.0. The Bertz CT molecular complexity index is 332. The molecule has 1 amide bonds. The molecule has 2 unspecified atom stereocenters. The van der Waals surface area contributed by atoms with Gasteiger partial charge in [0.2, 0.25) is 5.91 Å². The minimum Gasteiger partial charge on any atom is -0.481 e. The van der Waals surface area contributed by atoms with Crippen LogP contribution in [0.5, 0.6) is 0 Å². The van der Waals surface area contributed by atoms with Crippen molar-refractivity contribution in [1.29, 1.82) is 0 Å². The molecule has 102 valence electrons. The van der Waals surface area contributed by atoms with E-state index in [1.807, 2.05) is 6.92 Å². The predicted molar refractivity (Wildman–Crippen MR) is 65.1 cm³/mol. The summed E-state index contributed by atoms with van der Waals surface area (Å²) < 4.78 is 5.50. The number of hydrogen-bond donors (Lipinski definition) is 2. The Hall–Kier alpha value is -1.10. The van der Waals surface area contributed by atoms with Crippen LogP contribution in [0.15, 0.2) is 0 Å². The summed E-state index contributed by atoms with van der Waals surface area (Å²) in [6, 6.07) is -0.0362. The second-order valence-corrected chi connectivity index (χ2v) is 5.52. The molecule has 18 heavy (non-hydrogen) atoms. The van der Waals surface area contributed by atoms with Gasteiger partial charge in [0.25, 0.3) is 0 Å². The molecule has 5 heteroatoms. The topological polar surface area (TPSA) is 75.6 Å². The normalized spacial score (nSPS) is 27.3. The molecule has 0 spiro atoms. The van der Waals surface area contributed by atoms with Crippen LogP contribution in [0.2, 0.25) is 0 Å². The quantitative estimate of drug-likeness (QED) is 0.776. The van der Waals surface area contributed by atoms with Crippen molar-refractivity contribution in [3.8, 4) is 0 Å². The van der Waals surface area contributed by atoms with Crippen LogP contribution in [-0.4, -0.2) is 35.7 Å². The van der Waals surface area contributed by atoms with E-state index in [0.29, 0.717) is 12.8 Å². The lowest BCUT2D eigenvalue weighted by Gasteiger charge is -2.37. The first-order chi connectivity index (χ1) is 8.53. The van der Waals surface area contributed by atoms with Crippen molar-refractivity contribution in [3.63, 3.8) is 0 Å². The van der Waals surface area contributed by atoms with Crippen LogP contribution in [0.3, 0.4) is 0 Å².